The zero-order chi connectivity index (χ0) is 21.3. The van der Waals surface area contributed by atoms with Crippen molar-refractivity contribution in [1.82, 2.24) is 0 Å². The van der Waals surface area contributed by atoms with Crippen LogP contribution in [-0.4, -0.2) is 62.8 Å². The molecule has 8 heteroatoms. The largest absolute Gasteiger partial charge is 0.441 e. The van der Waals surface area contributed by atoms with Crippen molar-refractivity contribution in [1.29, 1.82) is 0 Å². The van der Waals surface area contributed by atoms with Crippen LogP contribution in [-0.2, 0) is 14.3 Å². The number of rotatable bonds is 2. The molecule has 158 valence electrons. The van der Waals surface area contributed by atoms with Gasteiger partial charge in [0.15, 0.2) is 17.5 Å². The summed E-state index contributed by atoms with van der Waals surface area (Å²) in [7, 11) is 0. The molecule has 1 aliphatic heterocycles. The van der Waals surface area contributed by atoms with Crippen molar-refractivity contribution in [3.05, 3.63) is 12.7 Å². The van der Waals surface area contributed by atoms with Crippen LogP contribution in [0.15, 0.2) is 12.7 Å². The number of carbonyl (C=O) groups is 2. The number of ketones is 1. The average Bonchev–Trinajstić information content (AvgIpc) is 2.58. The van der Waals surface area contributed by atoms with E-state index in [0.29, 0.717) is 12.8 Å². The van der Waals surface area contributed by atoms with Crippen molar-refractivity contribution < 1.29 is 34.4 Å². The molecule has 2 aliphatic carbocycles. The number of aliphatic hydroxyl groups excluding tert-OH is 2. The van der Waals surface area contributed by atoms with Gasteiger partial charge in [0.1, 0.15) is 6.10 Å². The predicted molar refractivity (Wildman–Crippen MR) is 99.1 cm³/mol. The second kappa shape index (κ2) is 6.26. The number of fused-ring (bicyclic) bond motifs is 3. The Hall–Kier alpha value is -1.48. The zero-order valence-corrected chi connectivity index (χ0v) is 16.8. The molecule has 1 heterocycles. The topological polar surface area (TPSA) is 139 Å². The maximum absolute atomic E-state index is 13.3. The van der Waals surface area contributed by atoms with E-state index >= 15 is 0 Å². The molecule has 0 unspecified atom stereocenters. The lowest BCUT2D eigenvalue weighted by atomic mass is 9.42. The van der Waals surface area contributed by atoms with E-state index in [9.17, 15) is 24.9 Å². The number of hydrogen-bond acceptors (Lipinski definition) is 7. The third-order valence-electron chi connectivity index (χ3n) is 7.47. The lowest BCUT2D eigenvalue weighted by Gasteiger charge is -2.67. The summed E-state index contributed by atoms with van der Waals surface area (Å²) in [5.74, 6) is -1.28. The minimum absolute atomic E-state index is 0.154. The first-order valence-electron chi connectivity index (χ1n) is 9.64. The van der Waals surface area contributed by atoms with E-state index in [1.165, 1.54) is 6.08 Å². The third-order valence-corrected chi connectivity index (χ3v) is 7.47. The Morgan fingerprint density at radius 3 is 2.46 bits per heavy atom. The molecule has 0 aromatic rings. The van der Waals surface area contributed by atoms with Crippen molar-refractivity contribution in [2.75, 3.05) is 0 Å². The van der Waals surface area contributed by atoms with E-state index in [0.717, 1.165) is 0 Å². The van der Waals surface area contributed by atoms with Crippen LogP contribution in [0.4, 0.5) is 4.79 Å². The summed E-state index contributed by atoms with van der Waals surface area (Å²) < 4.78 is 11.2. The molecule has 0 aromatic carbocycles. The standard InChI is InChI=1S/C20H31NO7/c1-6-18(4)9-11(23)20(26)15(28-18)13(27-16(21)25)12(24)14-17(2,3)8-7-10(22)19(14,20)5/h6,10,12-15,22,24,26H,1,7-9H2,2-5H3,(H2,21,25)/t10-,12+,13-,14-,15+,18-,19-,20+/m0/s1. The van der Waals surface area contributed by atoms with Crippen molar-refractivity contribution in [2.45, 2.75) is 82.6 Å². The van der Waals surface area contributed by atoms with Gasteiger partial charge in [-0.3, -0.25) is 4.79 Å². The molecule has 0 aromatic heterocycles. The Balaban J connectivity index is 2.24. The minimum atomic E-state index is -2.17. The minimum Gasteiger partial charge on any atom is -0.441 e. The van der Waals surface area contributed by atoms with Gasteiger partial charge in [0, 0.05) is 17.8 Å². The van der Waals surface area contributed by atoms with Crippen LogP contribution < -0.4 is 5.73 Å². The van der Waals surface area contributed by atoms with Crippen LogP contribution in [0.2, 0.25) is 0 Å². The van der Waals surface area contributed by atoms with E-state index in [1.807, 2.05) is 13.8 Å². The van der Waals surface area contributed by atoms with E-state index in [2.05, 4.69) is 6.58 Å². The van der Waals surface area contributed by atoms with Crippen LogP contribution in [0.1, 0.15) is 47.0 Å². The van der Waals surface area contributed by atoms with Crippen LogP contribution in [0.25, 0.3) is 0 Å². The molecule has 1 saturated heterocycles. The van der Waals surface area contributed by atoms with Crippen LogP contribution in [0.3, 0.4) is 0 Å². The fourth-order valence-corrected chi connectivity index (χ4v) is 5.99. The highest BCUT2D eigenvalue weighted by Gasteiger charge is 2.76. The van der Waals surface area contributed by atoms with Gasteiger partial charge in [-0.15, -0.1) is 6.58 Å². The normalized spacial score (nSPS) is 50.2. The summed E-state index contributed by atoms with van der Waals surface area (Å²) in [5, 5.41) is 34.0. The molecule has 1 amide bonds. The smallest absolute Gasteiger partial charge is 0.404 e. The van der Waals surface area contributed by atoms with E-state index in [4.69, 9.17) is 15.2 Å². The molecule has 2 saturated carbocycles. The van der Waals surface area contributed by atoms with E-state index < -0.39 is 64.2 Å². The van der Waals surface area contributed by atoms with Gasteiger partial charge in [0.25, 0.3) is 0 Å². The van der Waals surface area contributed by atoms with Gasteiger partial charge in [-0.2, -0.15) is 0 Å². The molecular formula is C20H31NO7. The first-order valence-corrected chi connectivity index (χ1v) is 9.64. The molecule has 3 aliphatic rings. The van der Waals surface area contributed by atoms with Gasteiger partial charge in [0.05, 0.1) is 17.8 Å². The second-order valence-electron chi connectivity index (χ2n) is 9.62. The number of primary amides is 1. The van der Waals surface area contributed by atoms with Gasteiger partial charge < -0.3 is 30.5 Å². The summed E-state index contributed by atoms with van der Waals surface area (Å²) in [6.45, 7) is 10.7. The van der Waals surface area contributed by atoms with E-state index in [1.54, 1.807) is 13.8 Å². The molecule has 3 rings (SSSR count). The van der Waals surface area contributed by atoms with E-state index in [-0.39, 0.29) is 6.42 Å². The van der Waals surface area contributed by atoms with Crippen molar-refractivity contribution in [2.24, 2.45) is 22.5 Å². The maximum atomic E-state index is 13.3. The summed E-state index contributed by atoms with van der Waals surface area (Å²) >= 11 is 0. The highest BCUT2D eigenvalue weighted by molar-refractivity contribution is 5.91. The lowest BCUT2D eigenvalue weighted by Crippen LogP contribution is -2.82. The highest BCUT2D eigenvalue weighted by Crippen LogP contribution is 2.64. The summed E-state index contributed by atoms with van der Waals surface area (Å²) in [4.78, 5) is 24.9. The van der Waals surface area contributed by atoms with Gasteiger partial charge in [-0.1, -0.05) is 26.8 Å². The monoisotopic (exact) mass is 397 g/mol. The zero-order valence-electron chi connectivity index (χ0n) is 16.8. The maximum Gasteiger partial charge on any atom is 0.404 e. The molecule has 0 spiro atoms. The molecule has 5 N–H and O–H groups in total. The average molecular weight is 397 g/mol. The quantitative estimate of drug-likeness (QED) is 0.502. The fraction of sp³-hybridized carbons (Fsp3) is 0.800. The molecule has 3 fully saturated rings. The lowest BCUT2D eigenvalue weighted by molar-refractivity contribution is -0.333. The third kappa shape index (κ3) is 2.58. The van der Waals surface area contributed by atoms with Gasteiger partial charge in [0.2, 0.25) is 0 Å². The molecule has 0 bridgehead atoms. The number of amides is 1. The van der Waals surface area contributed by atoms with Gasteiger partial charge in [-0.25, -0.2) is 4.79 Å². The Labute approximate surface area is 164 Å². The number of nitrogens with two attached hydrogens (primary N) is 1. The Morgan fingerprint density at radius 1 is 1.32 bits per heavy atom. The number of carbonyl (C=O) groups excluding carboxylic acids is 2. The molecular weight excluding hydrogens is 366 g/mol. The number of ether oxygens (including phenoxy) is 2. The predicted octanol–water partition coefficient (Wildman–Crippen LogP) is 0.662. The van der Waals surface area contributed by atoms with Crippen LogP contribution in [0.5, 0.6) is 0 Å². The van der Waals surface area contributed by atoms with Gasteiger partial charge >= 0.3 is 6.09 Å². The fourth-order valence-electron chi connectivity index (χ4n) is 5.99. The molecule has 28 heavy (non-hydrogen) atoms. The highest BCUT2D eigenvalue weighted by atomic mass is 16.6. The van der Waals surface area contributed by atoms with Crippen molar-refractivity contribution in [3.8, 4) is 0 Å². The molecule has 0 radical (unpaired) electrons. The number of hydrogen-bond donors (Lipinski definition) is 4. The first kappa shape index (κ1) is 21.2. The van der Waals surface area contributed by atoms with Crippen molar-refractivity contribution >= 4 is 11.9 Å². The number of aliphatic hydroxyl groups is 3. The summed E-state index contributed by atoms with van der Waals surface area (Å²) in [5.41, 5.74) is -0.0282. The Bertz CT molecular complexity index is 709. The van der Waals surface area contributed by atoms with Gasteiger partial charge in [-0.05, 0) is 25.2 Å². The second-order valence-corrected chi connectivity index (χ2v) is 9.62. The molecule has 8 nitrogen and oxygen atoms in total. The summed E-state index contributed by atoms with van der Waals surface area (Å²) in [6.07, 6.45) is -4.06. The van der Waals surface area contributed by atoms with Crippen LogP contribution >= 0.6 is 0 Å². The van der Waals surface area contributed by atoms with Crippen molar-refractivity contribution in [3.63, 3.8) is 0 Å². The first-order chi connectivity index (χ1) is 12.7. The SMILES string of the molecule is C=C[C@@]1(C)CC(=O)[C@@]2(O)[C@H](O1)[C@@H](OC(N)=O)[C@@H](O)[C@H]1C(C)(C)CC[C@H](O)[C@@]12C. The van der Waals surface area contributed by atoms with Crippen LogP contribution in [0, 0.1) is 16.7 Å². The summed E-state index contributed by atoms with van der Waals surface area (Å²) in [6, 6.07) is 0. The Kier molecular flexibility index (Phi) is 4.75. The number of Topliss-reactive ketones (excluding diaryl/α,β-unsaturated/α-hetero) is 1. The molecule has 8 atom stereocenters. The Morgan fingerprint density at radius 2 is 1.93 bits per heavy atom.